The fraction of sp³-hybridized carbons (Fsp3) is 0.273. The number of anilines is 1. The summed E-state index contributed by atoms with van der Waals surface area (Å²) in [4.78, 5) is 12.4. The number of nitrogens with one attached hydrogen (secondary N) is 2. The molecule has 0 aliphatic rings. The van der Waals surface area contributed by atoms with Crippen molar-refractivity contribution < 1.29 is 4.79 Å². The summed E-state index contributed by atoms with van der Waals surface area (Å²) in [5, 5.41) is 15.4. The minimum atomic E-state index is -0.391. The van der Waals surface area contributed by atoms with Crippen LogP contribution in [0.4, 0.5) is 5.69 Å². The van der Waals surface area contributed by atoms with E-state index < -0.39 is 5.91 Å². The van der Waals surface area contributed by atoms with E-state index in [0.29, 0.717) is 5.92 Å². The lowest BCUT2D eigenvalue weighted by Gasteiger charge is -2.16. The van der Waals surface area contributed by atoms with Gasteiger partial charge in [-0.2, -0.15) is 5.26 Å². The molecule has 4 nitrogen and oxygen atoms in total. The topological polar surface area (TPSA) is 64.9 Å². The minimum absolute atomic E-state index is 0.0479. The first-order valence-corrected chi connectivity index (χ1v) is 8.88. The number of benzene rings is 2. The van der Waals surface area contributed by atoms with Gasteiger partial charge in [0.1, 0.15) is 11.6 Å². The smallest absolute Gasteiger partial charge is 0.263 e. The monoisotopic (exact) mass is 347 g/mol. The quantitative estimate of drug-likeness (QED) is 0.553. The van der Waals surface area contributed by atoms with E-state index in [9.17, 15) is 10.1 Å². The second-order valence-corrected chi connectivity index (χ2v) is 6.32. The molecule has 0 saturated heterocycles. The number of hydrogen-bond acceptors (Lipinski definition) is 3. The SMILES string of the molecule is CCC(C)c1ccccc1N/C=C(/C#N)C(=O)NC(C)c1ccccc1. The Morgan fingerprint density at radius 2 is 1.77 bits per heavy atom. The molecule has 0 radical (unpaired) electrons. The highest BCUT2D eigenvalue weighted by Crippen LogP contribution is 2.26. The maximum Gasteiger partial charge on any atom is 0.263 e. The van der Waals surface area contributed by atoms with E-state index in [0.717, 1.165) is 17.7 Å². The molecule has 0 spiro atoms. The fourth-order valence-electron chi connectivity index (χ4n) is 2.68. The summed E-state index contributed by atoms with van der Waals surface area (Å²) in [6, 6.07) is 19.4. The summed E-state index contributed by atoms with van der Waals surface area (Å²) < 4.78 is 0. The van der Waals surface area contributed by atoms with Crippen LogP contribution in [0.15, 0.2) is 66.4 Å². The van der Waals surface area contributed by atoms with Crippen molar-refractivity contribution in [1.82, 2.24) is 5.32 Å². The molecule has 0 bridgehead atoms. The van der Waals surface area contributed by atoms with Gasteiger partial charge in [0, 0.05) is 11.9 Å². The lowest BCUT2D eigenvalue weighted by molar-refractivity contribution is -0.117. The third-order valence-corrected chi connectivity index (χ3v) is 4.49. The molecule has 0 heterocycles. The van der Waals surface area contributed by atoms with Crippen LogP contribution in [0.25, 0.3) is 0 Å². The van der Waals surface area contributed by atoms with Gasteiger partial charge in [0.15, 0.2) is 0 Å². The minimum Gasteiger partial charge on any atom is -0.360 e. The van der Waals surface area contributed by atoms with Gasteiger partial charge >= 0.3 is 0 Å². The average molecular weight is 347 g/mol. The van der Waals surface area contributed by atoms with E-state index >= 15 is 0 Å². The van der Waals surface area contributed by atoms with E-state index in [1.807, 2.05) is 61.5 Å². The highest BCUT2D eigenvalue weighted by molar-refractivity contribution is 5.97. The van der Waals surface area contributed by atoms with E-state index in [-0.39, 0.29) is 11.6 Å². The Morgan fingerprint density at radius 1 is 1.12 bits per heavy atom. The largest absolute Gasteiger partial charge is 0.360 e. The van der Waals surface area contributed by atoms with Crippen molar-refractivity contribution in [2.45, 2.75) is 39.2 Å². The zero-order chi connectivity index (χ0) is 18.9. The van der Waals surface area contributed by atoms with Crippen LogP contribution >= 0.6 is 0 Å². The molecule has 0 aromatic heterocycles. The Hall–Kier alpha value is -3.06. The van der Waals surface area contributed by atoms with Crippen LogP contribution in [0.3, 0.4) is 0 Å². The molecule has 0 aliphatic carbocycles. The van der Waals surface area contributed by atoms with Crippen LogP contribution < -0.4 is 10.6 Å². The predicted octanol–water partition coefficient (Wildman–Crippen LogP) is 4.90. The molecule has 1 amide bonds. The molecular formula is C22H25N3O. The summed E-state index contributed by atoms with van der Waals surface area (Å²) in [6.45, 7) is 6.19. The number of hydrogen-bond donors (Lipinski definition) is 2. The van der Waals surface area contributed by atoms with Crippen molar-refractivity contribution in [3.05, 3.63) is 77.5 Å². The molecule has 2 unspecified atom stereocenters. The van der Waals surface area contributed by atoms with Crippen LogP contribution in [-0.4, -0.2) is 5.91 Å². The van der Waals surface area contributed by atoms with Gasteiger partial charge < -0.3 is 10.6 Å². The van der Waals surface area contributed by atoms with Crippen LogP contribution in [0, 0.1) is 11.3 Å². The zero-order valence-electron chi connectivity index (χ0n) is 15.5. The van der Waals surface area contributed by atoms with Gasteiger partial charge in [-0.3, -0.25) is 4.79 Å². The first-order chi connectivity index (χ1) is 12.6. The van der Waals surface area contributed by atoms with Crippen molar-refractivity contribution in [3.8, 4) is 6.07 Å². The number of carbonyl (C=O) groups excluding carboxylic acids is 1. The van der Waals surface area contributed by atoms with Crippen LogP contribution in [0.5, 0.6) is 0 Å². The molecule has 26 heavy (non-hydrogen) atoms. The van der Waals surface area contributed by atoms with Gasteiger partial charge in [0.25, 0.3) is 5.91 Å². The van der Waals surface area contributed by atoms with Crippen LogP contribution in [0.1, 0.15) is 50.3 Å². The van der Waals surface area contributed by atoms with Gasteiger partial charge in [-0.15, -0.1) is 0 Å². The van der Waals surface area contributed by atoms with Gasteiger partial charge in [-0.25, -0.2) is 0 Å². The lowest BCUT2D eigenvalue weighted by Crippen LogP contribution is -2.28. The molecule has 2 atom stereocenters. The van der Waals surface area contributed by atoms with Gasteiger partial charge in [-0.05, 0) is 36.5 Å². The van der Waals surface area contributed by atoms with Crippen LogP contribution in [0.2, 0.25) is 0 Å². The third-order valence-electron chi connectivity index (χ3n) is 4.49. The number of carbonyl (C=O) groups is 1. The molecule has 0 aliphatic heterocycles. The highest BCUT2D eigenvalue weighted by atomic mass is 16.1. The fourth-order valence-corrected chi connectivity index (χ4v) is 2.68. The second-order valence-electron chi connectivity index (χ2n) is 6.32. The Labute approximate surface area is 155 Å². The summed E-state index contributed by atoms with van der Waals surface area (Å²) in [6.07, 6.45) is 2.50. The van der Waals surface area contributed by atoms with Crippen molar-refractivity contribution in [3.63, 3.8) is 0 Å². The number of amides is 1. The molecule has 2 rings (SSSR count). The number of nitrogens with zero attached hydrogens (tertiary/aromatic N) is 1. The first-order valence-electron chi connectivity index (χ1n) is 8.88. The molecule has 4 heteroatoms. The Morgan fingerprint density at radius 3 is 2.42 bits per heavy atom. The van der Waals surface area contributed by atoms with E-state index in [1.165, 1.54) is 11.8 Å². The van der Waals surface area contributed by atoms with E-state index in [4.69, 9.17) is 0 Å². The summed E-state index contributed by atoms with van der Waals surface area (Å²) in [7, 11) is 0. The lowest BCUT2D eigenvalue weighted by atomic mass is 9.97. The molecular weight excluding hydrogens is 322 g/mol. The van der Waals surface area contributed by atoms with Crippen molar-refractivity contribution >= 4 is 11.6 Å². The summed E-state index contributed by atoms with van der Waals surface area (Å²) in [5.41, 5.74) is 3.13. The maximum absolute atomic E-state index is 12.4. The Balaban J connectivity index is 2.11. The van der Waals surface area contributed by atoms with Crippen LogP contribution in [-0.2, 0) is 4.79 Å². The Kier molecular flexibility index (Phi) is 6.99. The predicted molar refractivity (Wildman–Crippen MR) is 105 cm³/mol. The number of para-hydroxylation sites is 1. The zero-order valence-corrected chi connectivity index (χ0v) is 15.5. The van der Waals surface area contributed by atoms with Crippen molar-refractivity contribution in [2.24, 2.45) is 0 Å². The molecule has 2 aromatic carbocycles. The average Bonchev–Trinajstić information content (AvgIpc) is 2.68. The standard InChI is InChI=1S/C22H25N3O/c1-4-16(2)20-12-8-9-13-21(20)24-15-19(14-23)22(26)25-17(3)18-10-6-5-7-11-18/h5-13,15-17,24H,4H2,1-3H3,(H,25,26)/b19-15-. The van der Waals surface area contributed by atoms with Gasteiger partial charge in [0.05, 0.1) is 6.04 Å². The van der Waals surface area contributed by atoms with E-state index in [1.54, 1.807) is 0 Å². The number of rotatable bonds is 7. The van der Waals surface area contributed by atoms with Gasteiger partial charge in [0.2, 0.25) is 0 Å². The highest BCUT2D eigenvalue weighted by Gasteiger charge is 2.14. The van der Waals surface area contributed by atoms with E-state index in [2.05, 4.69) is 30.5 Å². The summed E-state index contributed by atoms with van der Waals surface area (Å²) in [5.74, 6) is 0.00180. The molecule has 2 N–H and O–H groups in total. The first kappa shape index (κ1) is 19.3. The van der Waals surface area contributed by atoms with Crippen molar-refractivity contribution in [2.75, 3.05) is 5.32 Å². The Bertz CT molecular complexity index is 806. The molecule has 2 aromatic rings. The third kappa shape index (κ3) is 4.97. The second kappa shape index (κ2) is 9.43. The normalized spacial score (nSPS) is 13.4. The molecule has 0 fully saturated rings. The maximum atomic E-state index is 12.4. The van der Waals surface area contributed by atoms with Crippen molar-refractivity contribution in [1.29, 1.82) is 5.26 Å². The van der Waals surface area contributed by atoms with Gasteiger partial charge in [-0.1, -0.05) is 62.4 Å². The molecule has 134 valence electrons. The number of nitriles is 1. The summed E-state index contributed by atoms with van der Waals surface area (Å²) >= 11 is 0. The molecule has 0 saturated carbocycles.